The van der Waals surface area contributed by atoms with Crippen LogP contribution in [0.5, 0.6) is 0 Å². The summed E-state index contributed by atoms with van der Waals surface area (Å²) in [5, 5.41) is 3.24. The number of nitrogens with zero attached hydrogens (tertiary/aromatic N) is 2. The zero-order valence-corrected chi connectivity index (χ0v) is 12.5. The Labute approximate surface area is 122 Å². The molecule has 1 aliphatic carbocycles. The number of benzene rings is 1. The molecule has 4 nitrogen and oxygen atoms in total. The summed E-state index contributed by atoms with van der Waals surface area (Å²) in [7, 11) is 4.15. The zero-order valence-electron chi connectivity index (χ0n) is 12.5. The SMILES string of the molecule is CN(C)C(CN=C(N)NCC1CCC1)c1ccccc1. The molecule has 0 radical (unpaired) electrons. The Kier molecular flexibility index (Phi) is 5.41. The van der Waals surface area contributed by atoms with Gasteiger partial charge in [-0.1, -0.05) is 36.8 Å². The topological polar surface area (TPSA) is 53.6 Å². The van der Waals surface area contributed by atoms with Gasteiger partial charge in [-0.25, -0.2) is 0 Å². The van der Waals surface area contributed by atoms with Crippen molar-refractivity contribution in [2.45, 2.75) is 25.3 Å². The van der Waals surface area contributed by atoms with Crippen LogP contribution in [-0.4, -0.2) is 38.0 Å². The summed E-state index contributed by atoms with van der Waals surface area (Å²) in [6.45, 7) is 1.65. The van der Waals surface area contributed by atoms with Gasteiger partial charge in [0.15, 0.2) is 5.96 Å². The van der Waals surface area contributed by atoms with E-state index in [-0.39, 0.29) is 6.04 Å². The van der Waals surface area contributed by atoms with Crippen LogP contribution >= 0.6 is 0 Å². The third-order valence-electron chi connectivity index (χ3n) is 4.04. The largest absolute Gasteiger partial charge is 0.370 e. The fourth-order valence-electron chi connectivity index (χ4n) is 2.43. The maximum absolute atomic E-state index is 5.95. The maximum atomic E-state index is 5.95. The smallest absolute Gasteiger partial charge is 0.188 e. The molecule has 0 aliphatic heterocycles. The summed E-state index contributed by atoms with van der Waals surface area (Å²) in [6, 6.07) is 10.7. The summed E-state index contributed by atoms with van der Waals surface area (Å²) in [4.78, 5) is 6.67. The molecule has 0 heterocycles. The van der Waals surface area contributed by atoms with Crippen LogP contribution in [0.4, 0.5) is 0 Å². The molecule has 0 bridgehead atoms. The van der Waals surface area contributed by atoms with Crippen molar-refractivity contribution in [3.05, 3.63) is 35.9 Å². The van der Waals surface area contributed by atoms with Gasteiger partial charge in [0.25, 0.3) is 0 Å². The van der Waals surface area contributed by atoms with Crippen LogP contribution in [0.2, 0.25) is 0 Å². The number of hydrogen-bond donors (Lipinski definition) is 2. The number of aliphatic imine (C=N–C) groups is 1. The average Bonchev–Trinajstić information content (AvgIpc) is 2.38. The Morgan fingerprint density at radius 3 is 2.60 bits per heavy atom. The molecule has 0 spiro atoms. The molecular formula is C16H26N4. The Balaban J connectivity index is 1.87. The molecule has 110 valence electrons. The summed E-state index contributed by atoms with van der Waals surface area (Å²) < 4.78 is 0. The highest BCUT2D eigenvalue weighted by molar-refractivity contribution is 5.77. The van der Waals surface area contributed by atoms with Gasteiger partial charge < -0.3 is 16.0 Å². The highest BCUT2D eigenvalue weighted by atomic mass is 15.1. The van der Waals surface area contributed by atoms with E-state index < -0.39 is 0 Å². The van der Waals surface area contributed by atoms with Crippen molar-refractivity contribution in [1.29, 1.82) is 0 Å². The molecule has 0 aromatic heterocycles. The quantitative estimate of drug-likeness (QED) is 0.616. The first-order valence-electron chi connectivity index (χ1n) is 7.42. The van der Waals surface area contributed by atoms with Crippen molar-refractivity contribution < 1.29 is 0 Å². The monoisotopic (exact) mass is 274 g/mol. The fourth-order valence-corrected chi connectivity index (χ4v) is 2.43. The molecule has 1 saturated carbocycles. The first-order valence-corrected chi connectivity index (χ1v) is 7.42. The Morgan fingerprint density at radius 2 is 2.05 bits per heavy atom. The lowest BCUT2D eigenvalue weighted by Crippen LogP contribution is -2.38. The number of likely N-dealkylation sites (N-methyl/N-ethyl adjacent to an activating group) is 1. The summed E-state index contributed by atoms with van der Waals surface area (Å²) >= 11 is 0. The molecule has 1 atom stereocenters. The van der Waals surface area contributed by atoms with Crippen LogP contribution in [0.15, 0.2) is 35.3 Å². The van der Waals surface area contributed by atoms with Crippen LogP contribution in [0, 0.1) is 5.92 Å². The van der Waals surface area contributed by atoms with Crippen LogP contribution in [-0.2, 0) is 0 Å². The Bertz CT molecular complexity index is 423. The van der Waals surface area contributed by atoms with Gasteiger partial charge >= 0.3 is 0 Å². The van der Waals surface area contributed by atoms with Crippen LogP contribution in [0.1, 0.15) is 30.9 Å². The van der Waals surface area contributed by atoms with Gasteiger partial charge in [0.1, 0.15) is 0 Å². The molecular weight excluding hydrogens is 248 g/mol. The van der Waals surface area contributed by atoms with Gasteiger partial charge in [0, 0.05) is 6.54 Å². The van der Waals surface area contributed by atoms with Crippen LogP contribution < -0.4 is 11.1 Å². The second-order valence-corrected chi connectivity index (χ2v) is 5.79. The summed E-state index contributed by atoms with van der Waals surface area (Å²) in [6.07, 6.45) is 4.01. The molecule has 1 aromatic rings. The summed E-state index contributed by atoms with van der Waals surface area (Å²) in [5.74, 6) is 1.36. The van der Waals surface area contributed by atoms with Crippen molar-refractivity contribution >= 4 is 5.96 Å². The first kappa shape index (κ1) is 14.9. The normalized spacial score (nSPS) is 17.9. The van der Waals surface area contributed by atoms with Crippen LogP contribution in [0.25, 0.3) is 0 Å². The van der Waals surface area contributed by atoms with E-state index >= 15 is 0 Å². The minimum atomic E-state index is 0.264. The van der Waals surface area contributed by atoms with E-state index in [1.165, 1.54) is 24.8 Å². The van der Waals surface area contributed by atoms with Gasteiger partial charge in [-0.2, -0.15) is 0 Å². The molecule has 1 fully saturated rings. The second-order valence-electron chi connectivity index (χ2n) is 5.79. The minimum Gasteiger partial charge on any atom is -0.370 e. The predicted molar refractivity (Wildman–Crippen MR) is 84.7 cm³/mol. The van der Waals surface area contributed by atoms with Gasteiger partial charge in [-0.3, -0.25) is 4.99 Å². The van der Waals surface area contributed by atoms with Gasteiger partial charge in [0.05, 0.1) is 12.6 Å². The van der Waals surface area contributed by atoms with Gasteiger partial charge in [-0.05, 0) is 38.4 Å². The molecule has 2 rings (SSSR count). The van der Waals surface area contributed by atoms with Gasteiger partial charge in [-0.15, -0.1) is 0 Å². The van der Waals surface area contributed by atoms with Crippen molar-refractivity contribution in [3.8, 4) is 0 Å². The first-order chi connectivity index (χ1) is 9.66. The molecule has 4 heteroatoms. The van der Waals surface area contributed by atoms with E-state index in [1.807, 2.05) is 6.07 Å². The summed E-state index contributed by atoms with van der Waals surface area (Å²) in [5.41, 5.74) is 7.22. The fraction of sp³-hybridized carbons (Fsp3) is 0.562. The van der Waals surface area contributed by atoms with Crippen molar-refractivity contribution in [2.24, 2.45) is 16.6 Å². The number of rotatable bonds is 6. The standard InChI is InChI=1S/C16H26N4/c1-20(2)15(14-9-4-3-5-10-14)12-19-16(17)18-11-13-7-6-8-13/h3-5,9-10,13,15H,6-8,11-12H2,1-2H3,(H3,17,18,19). The maximum Gasteiger partial charge on any atom is 0.188 e. The van der Waals surface area contributed by atoms with E-state index in [9.17, 15) is 0 Å². The number of nitrogens with two attached hydrogens (primary N) is 1. The number of guanidine groups is 1. The molecule has 0 amide bonds. The predicted octanol–water partition coefficient (Wildman–Crippen LogP) is 1.99. The van der Waals surface area contributed by atoms with E-state index in [2.05, 4.69) is 53.6 Å². The molecule has 1 aliphatic rings. The highest BCUT2D eigenvalue weighted by Crippen LogP contribution is 2.25. The lowest BCUT2D eigenvalue weighted by atomic mass is 9.85. The average molecular weight is 274 g/mol. The molecule has 20 heavy (non-hydrogen) atoms. The lowest BCUT2D eigenvalue weighted by molar-refractivity contribution is 0.305. The lowest BCUT2D eigenvalue weighted by Gasteiger charge is -2.26. The Hall–Kier alpha value is -1.55. The molecule has 0 saturated heterocycles. The Morgan fingerprint density at radius 1 is 1.35 bits per heavy atom. The molecule has 1 unspecified atom stereocenters. The highest BCUT2D eigenvalue weighted by Gasteiger charge is 2.17. The zero-order chi connectivity index (χ0) is 14.4. The third kappa shape index (κ3) is 4.23. The van der Waals surface area contributed by atoms with E-state index in [1.54, 1.807) is 0 Å². The van der Waals surface area contributed by atoms with Crippen molar-refractivity contribution in [1.82, 2.24) is 10.2 Å². The van der Waals surface area contributed by atoms with E-state index in [4.69, 9.17) is 5.73 Å². The van der Waals surface area contributed by atoms with E-state index in [0.717, 1.165) is 12.5 Å². The number of hydrogen-bond acceptors (Lipinski definition) is 2. The second kappa shape index (κ2) is 7.29. The number of nitrogens with one attached hydrogen (secondary N) is 1. The molecule has 1 aromatic carbocycles. The third-order valence-corrected chi connectivity index (χ3v) is 4.04. The van der Waals surface area contributed by atoms with Crippen molar-refractivity contribution in [2.75, 3.05) is 27.2 Å². The van der Waals surface area contributed by atoms with Crippen LogP contribution in [0.3, 0.4) is 0 Å². The van der Waals surface area contributed by atoms with E-state index in [0.29, 0.717) is 12.5 Å². The van der Waals surface area contributed by atoms with Crippen molar-refractivity contribution in [3.63, 3.8) is 0 Å². The molecule has 3 N–H and O–H groups in total. The van der Waals surface area contributed by atoms with Gasteiger partial charge in [0.2, 0.25) is 0 Å². The minimum absolute atomic E-state index is 0.264.